The van der Waals surface area contributed by atoms with Crippen LogP contribution in [0, 0.1) is 23.2 Å². The van der Waals surface area contributed by atoms with Gasteiger partial charge >= 0.3 is 0 Å². The number of rotatable bonds is 5. The molecule has 1 saturated carbocycles. The highest BCUT2D eigenvalue weighted by Crippen LogP contribution is 2.36. The molecule has 1 N–H and O–H groups in total. The summed E-state index contributed by atoms with van der Waals surface area (Å²) in [4.78, 5) is 2.64. The lowest BCUT2D eigenvalue weighted by Gasteiger charge is -2.41. The van der Waals surface area contributed by atoms with Crippen molar-refractivity contribution in [2.75, 3.05) is 26.7 Å². The molecule has 19 heavy (non-hydrogen) atoms. The van der Waals surface area contributed by atoms with E-state index in [2.05, 4.69) is 16.3 Å². The van der Waals surface area contributed by atoms with E-state index in [9.17, 15) is 0 Å². The quantitative estimate of drug-likeness (QED) is 0.829. The summed E-state index contributed by atoms with van der Waals surface area (Å²) in [7, 11) is 1.89. The van der Waals surface area contributed by atoms with Crippen LogP contribution in [0.1, 0.15) is 51.9 Å². The second-order valence-corrected chi connectivity index (χ2v) is 6.69. The smallest absolute Gasteiger partial charge is 0.103 e. The minimum absolute atomic E-state index is 0.344. The topological polar surface area (TPSA) is 39.1 Å². The fourth-order valence-electron chi connectivity index (χ4n) is 3.77. The van der Waals surface area contributed by atoms with Crippen LogP contribution in [0.3, 0.4) is 0 Å². The van der Waals surface area contributed by atoms with E-state index >= 15 is 0 Å². The maximum atomic E-state index is 9.15. The maximum absolute atomic E-state index is 9.15. The summed E-state index contributed by atoms with van der Waals surface area (Å²) in [5.74, 6) is 1.99. The van der Waals surface area contributed by atoms with Gasteiger partial charge in [-0.05, 0) is 64.6 Å². The Hall–Kier alpha value is -0.590. The number of piperidine rings is 1. The molecule has 1 heterocycles. The zero-order valence-electron chi connectivity index (χ0n) is 12.6. The first-order valence-corrected chi connectivity index (χ1v) is 7.99. The van der Waals surface area contributed by atoms with Crippen molar-refractivity contribution in [1.82, 2.24) is 10.2 Å². The Morgan fingerprint density at radius 2 is 2.00 bits per heavy atom. The first kappa shape index (κ1) is 14.8. The molecular weight excluding hydrogens is 234 g/mol. The van der Waals surface area contributed by atoms with Crippen molar-refractivity contribution in [1.29, 1.82) is 5.26 Å². The van der Waals surface area contributed by atoms with Crippen LogP contribution in [0.25, 0.3) is 0 Å². The van der Waals surface area contributed by atoms with Crippen LogP contribution >= 0.6 is 0 Å². The van der Waals surface area contributed by atoms with Gasteiger partial charge in [-0.3, -0.25) is 0 Å². The van der Waals surface area contributed by atoms with Crippen LogP contribution in [-0.4, -0.2) is 37.1 Å². The van der Waals surface area contributed by atoms with Gasteiger partial charge in [0.2, 0.25) is 0 Å². The van der Waals surface area contributed by atoms with Crippen molar-refractivity contribution >= 4 is 0 Å². The van der Waals surface area contributed by atoms with E-state index in [1.165, 1.54) is 51.7 Å². The summed E-state index contributed by atoms with van der Waals surface area (Å²) in [5, 5.41) is 12.3. The fourth-order valence-corrected chi connectivity index (χ4v) is 3.77. The Labute approximate surface area is 118 Å². The fraction of sp³-hybridized carbons (Fsp3) is 0.938. The lowest BCUT2D eigenvalue weighted by Crippen LogP contribution is -2.43. The summed E-state index contributed by atoms with van der Waals surface area (Å²) < 4.78 is 0. The number of fused-ring (bicyclic) bond motifs is 1. The molecule has 108 valence electrons. The minimum atomic E-state index is -0.344. The maximum Gasteiger partial charge on any atom is 0.103 e. The van der Waals surface area contributed by atoms with Gasteiger partial charge in [-0.15, -0.1) is 0 Å². The third-order valence-corrected chi connectivity index (χ3v) is 5.32. The zero-order chi connectivity index (χ0) is 13.7. The van der Waals surface area contributed by atoms with Gasteiger partial charge in [0.15, 0.2) is 0 Å². The van der Waals surface area contributed by atoms with Crippen LogP contribution in [-0.2, 0) is 0 Å². The minimum Gasteiger partial charge on any atom is -0.303 e. The van der Waals surface area contributed by atoms with Gasteiger partial charge in [0.25, 0.3) is 0 Å². The highest BCUT2D eigenvalue weighted by molar-refractivity contribution is 5.02. The van der Waals surface area contributed by atoms with Gasteiger partial charge in [0.05, 0.1) is 6.07 Å². The SMILES string of the molecule is CNC(C)(C#N)CCCN1CCC2CCCCC2C1. The number of nitrogens with zero attached hydrogens (tertiary/aromatic N) is 2. The first-order valence-electron chi connectivity index (χ1n) is 7.99. The van der Waals surface area contributed by atoms with Crippen molar-refractivity contribution in [2.45, 2.75) is 57.4 Å². The van der Waals surface area contributed by atoms with E-state index < -0.39 is 0 Å². The summed E-state index contributed by atoms with van der Waals surface area (Å²) in [6, 6.07) is 2.38. The number of likely N-dealkylation sites (tertiary alicyclic amines) is 1. The largest absolute Gasteiger partial charge is 0.303 e. The molecule has 0 spiro atoms. The molecule has 1 saturated heterocycles. The molecule has 2 aliphatic rings. The summed E-state index contributed by atoms with van der Waals surface area (Å²) >= 11 is 0. The summed E-state index contributed by atoms with van der Waals surface area (Å²) in [6.45, 7) is 5.76. The number of hydrogen-bond donors (Lipinski definition) is 1. The molecule has 1 aliphatic heterocycles. The van der Waals surface area contributed by atoms with Crippen molar-refractivity contribution in [3.8, 4) is 6.07 Å². The normalized spacial score (nSPS) is 31.2. The van der Waals surface area contributed by atoms with Gasteiger partial charge in [0.1, 0.15) is 5.54 Å². The van der Waals surface area contributed by atoms with E-state index in [-0.39, 0.29) is 5.54 Å². The van der Waals surface area contributed by atoms with Gasteiger partial charge in [0, 0.05) is 6.54 Å². The Bertz CT molecular complexity index is 322. The lowest BCUT2D eigenvalue weighted by atomic mass is 9.75. The van der Waals surface area contributed by atoms with Crippen LogP contribution in [0.15, 0.2) is 0 Å². The van der Waals surface area contributed by atoms with Crippen LogP contribution < -0.4 is 5.32 Å². The van der Waals surface area contributed by atoms with Crippen molar-refractivity contribution in [2.24, 2.45) is 11.8 Å². The highest BCUT2D eigenvalue weighted by Gasteiger charge is 2.31. The van der Waals surface area contributed by atoms with Crippen LogP contribution in [0.4, 0.5) is 0 Å². The second kappa shape index (κ2) is 6.72. The standard InChI is InChI=1S/C16H29N3/c1-16(13-17,18-2)9-5-10-19-11-8-14-6-3-4-7-15(14)12-19/h14-15,18H,3-12H2,1-2H3. The predicted octanol–water partition coefficient (Wildman–Crippen LogP) is 2.78. The van der Waals surface area contributed by atoms with Crippen LogP contribution in [0.5, 0.6) is 0 Å². The van der Waals surface area contributed by atoms with Gasteiger partial charge in [-0.25, -0.2) is 0 Å². The Morgan fingerprint density at radius 1 is 1.26 bits per heavy atom. The Kier molecular flexibility index (Phi) is 5.24. The average Bonchev–Trinajstić information content (AvgIpc) is 2.47. The molecule has 3 heteroatoms. The van der Waals surface area contributed by atoms with Crippen molar-refractivity contribution < 1.29 is 0 Å². The van der Waals surface area contributed by atoms with E-state index in [0.29, 0.717) is 0 Å². The molecular formula is C16H29N3. The summed E-state index contributed by atoms with van der Waals surface area (Å²) in [5.41, 5.74) is -0.344. The number of hydrogen-bond acceptors (Lipinski definition) is 3. The molecule has 2 rings (SSSR count). The van der Waals surface area contributed by atoms with Gasteiger partial charge < -0.3 is 10.2 Å². The van der Waals surface area contributed by atoms with Gasteiger partial charge in [-0.1, -0.05) is 19.3 Å². The van der Waals surface area contributed by atoms with Crippen LogP contribution in [0.2, 0.25) is 0 Å². The average molecular weight is 263 g/mol. The second-order valence-electron chi connectivity index (χ2n) is 6.69. The Morgan fingerprint density at radius 3 is 2.68 bits per heavy atom. The molecule has 3 atom stereocenters. The molecule has 0 aromatic carbocycles. The number of nitrogens with one attached hydrogen (secondary N) is 1. The van der Waals surface area contributed by atoms with E-state index in [1.807, 2.05) is 14.0 Å². The molecule has 0 bridgehead atoms. The summed E-state index contributed by atoms with van der Waals surface area (Å²) in [6.07, 6.45) is 9.32. The number of nitriles is 1. The van der Waals surface area contributed by atoms with E-state index in [0.717, 1.165) is 24.7 Å². The van der Waals surface area contributed by atoms with Crippen molar-refractivity contribution in [3.63, 3.8) is 0 Å². The third kappa shape index (κ3) is 3.94. The van der Waals surface area contributed by atoms with E-state index in [1.54, 1.807) is 0 Å². The van der Waals surface area contributed by atoms with Crippen molar-refractivity contribution in [3.05, 3.63) is 0 Å². The third-order valence-electron chi connectivity index (χ3n) is 5.32. The zero-order valence-corrected chi connectivity index (χ0v) is 12.6. The van der Waals surface area contributed by atoms with E-state index in [4.69, 9.17) is 5.26 Å². The molecule has 2 fully saturated rings. The molecule has 0 amide bonds. The monoisotopic (exact) mass is 263 g/mol. The predicted molar refractivity (Wildman–Crippen MR) is 78.8 cm³/mol. The Balaban J connectivity index is 1.71. The lowest BCUT2D eigenvalue weighted by molar-refractivity contribution is 0.0848. The molecule has 3 unspecified atom stereocenters. The molecule has 0 aromatic rings. The molecule has 3 nitrogen and oxygen atoms in total. The molecule has 1 aliphatic carbocycles. The molecule has 0 aromatic heterocycles. The van der Waals surface area contributed by atoms with Gasteiger partial charge in [-0.2, -0.15) is 5.26 Å². The molecule has 0 radical (unpaired) electrons. The highest BCUT2D eigenvalue weighted by atomic mass is 15.1. The first-order chi connectivity index (χ1) is 9.17.